The summed E-state index contributed by atoms with van der Waals surface area (Å²) in [6, 6.07) is 0. The molecule has 0 saturated carbocycles. The Morgan fingerprint density at radius 1 is 1.14 bits per heavy atom. The molecule has 0 spiro atoms. The van der Waals surface area contributed by atoms with Gasteiger partial charge in [0.05, 0.1) is 6.42 Å². The molecular weight excluding hydrogens is 174 g/mol. The van der Waals surface area contributed by atoms with Crippen LogP contribution in [-0.2, 0) is 0 Å². The number of rotatable bonds is 1. The highest BCUT2D eigenvalue weighted by molar-refractivity contribution is 5.92. The molecule has 0 aromatic rings. The smallest absolute Gasteiger partial charge is 0.295 e. The first-order chi connectivity index (χ1) is 6.90. The Kier molecular flexibility index (Phi) is 2.80. The molecule has 74 valence electrons. The minimum absolute atomic E-state index is 0.741. The third kappa shape index (κ3) is 1.94. The van der Waals surface area contributed by atoms with Crippen LogP contribution in [0.5, 0.6) is 0 Å². The number of hydrogen-bond donors (Lipinski definition) is 0. The predicted molar refractivity (Wildman–Crippen MR) is 55.9 cm³/mol. The second kappa shape index (κ2) is 4.25. The maximum Gasteiger partial charge on any atom is 0.295 e. The van der Waals surface area contributed by atoms with Gasteiger partial charge in [0, 0.05) is 24.9 Å². The summed E-state index contributed by atoms with van der Waals surface area (Å²) in [4.78, 5) is 5.60. The molecule has 2 rings (SSSR count). The van der Waals surface area contributed by atoms with Crippen molar-refractivity contribution < 1.29 is 4.79 Å². The van der Waals surface area contributed by atoms with E-state index >= 15 is 0 Å². The van der Waals surface area contributed by atoms with E-state index in [0.717, 1.165) is 12.1 Å². The van der Waals surface area contributed by atoms with Crippen molar-refractivity contribution in [1.82, 2.24) is 4.90 Å². The SMILES string of the molecule is [N-]=[N+]=C1C=CC(N2CCCCC2)=CC1. The fourth-order valence-corrected chi connectivity index (χ4v) is 1.99. The fourth-order valence-electron chi connectivity index (χ4n) is 1.99. The molecule has 3 heteroatoms. The number of hydrogen-bond acceptors (Lipinski definition) is 1. The van der Waals surface area contributed by atoms with Crippen molar-refractivity contribution in [1.29, 1.82) is 0 Å². The predicted octanol–water partition coefficient (Wildman–Crippen LogP) is 1.99. The highest BCUT2D eigenvalue weighted by Gasteiger charge is 2.15. The summed E-state index contributed by atoms with van der Waals surface area (Å²) in [5.41, 5.74) is 10.6. The molecule has 1 aliphatic carbocycles. The van der Waals surface area contributed by atoms with Crippen molar-refractivity contribution in [2.45, 2.75) is 25.7 Å². The van der Waals surface area contributed by atoms with Gasteiger partial charge < -0.3 is 10.4 Å². The minimum atomic E-state index is 0.741. The Morgan fingerprint density at radius 3 is 2.50 bits per heavy atom. The molecule has 0 atom stereocenters. The third-order valence-electron chi connectivity index (χ3n) is 2.82. The molecule has 2 aliphatic rings. The van der Waals surface area contributed by atoms with E-state index in [0.29, 0.717) is 0 Å². The zero-order valence-electron chi connectivity index (χ0n) is 8.32. The molecule has 1 aliphatic heterocycles. The van der Waals surface area contributed by atoms with Gasteiger partial charge in [0.2, 0.25) is 0 Å². The van der Waals surface area contributed by atoms with E-state index in [-0.39, 0.29) is 0 Å². The van der Waals surface area contributed by atoms with Gasteiger partial charge in [0.15, 0.2) is 0 Å². The van der Waals surface area contributed by atoms with E-state index in [1.807, 2.05) is 12.2 Å². The average Bonchev–Trinajstić information content (AvgIpc) is 2.30. The monoisotopic (exact) mass is 189 g/mol. The Bertz CT molecular complexity index is 315. The topological polar surface area (TPSA) is 39.6 Å². The molecule has 1 saturated heterocycles. The molecule has 3 nitrogen and oxygen atoms in total. The van der Waals surface area contributed by atoms with Crippen molar-refractivity contribution >= 4 is 5.71 Å². The molecule has 0 unspecified atom stereocenters. The van der Waals surface area contributed by atoms with Crippen LogP contribution in [0.25, 0.3) is 5.53 Å². The van der Waals surface area contributed by atoms with Crippen molar-refractivity contribution in [2.75, 3.05) is 13.1 Å². The summed E-state index contributed by atoms with van der Waals surface area (Å²) >= 11 is 0. The maximum absolute atomic E-state index is 8.58. The molecule has 0 amide bonds. The van der Waals surface area contributed by atoms with E-state index in [9.17, 15) is 0 Å². The van der Waals surface area contributed by atoms with E-state index in [4.69, 9.17) is 5.53 Å². The van der Waals surface area contributed by atoms with Crippen LogP contribution in [0, 0.1) is 0 Å². The lowest BCUT2D eigenvalue weighted by molar-refractivity contribution is -0.00547. The highest BCUT2D eigenvalue weighted by Crippen LogP contribution is 2.18. The van der Waals surface area contributed by atoms with Gasteiger partial charge in [-0.05, 0) is 31.4 Å². The maximum atomic E-state index is 8.58. The van der Waals surface area contributed by atoms with Crippen LogP contribution in [0.15, 0.2) is 23.9 Å². The van der Waals surface area contributed by atoms with Crippen molar-refractivity contribution in [3.05, 3.63) is 29.5 Å². The summed E-state index contributed by atoms with van der Waals surface area (Å²) in [5, 5.41) is 0. The van der Waals surface area contributed by atoms with Gasteiger partial charge in [-0.1, -0.05) is 0 Å². The second-order valence-corrected chi connectivity index (χ2v) is 3.81. The molecule has 1 fully saturated rings. The van der Waals surface area contributed by atoms with Crippen LogP contribution in [0.3, 0.4) is 0 Å². The van der Waals surface area contributed by atoms with Crippen LogP contribution >= 0.6 is 0 Å². The zero-order valence-corrected chi connectivity index (χ0v) is 8.32. The quantitative estimate of drug-likeness (QED) is 0.459. The molecule has 0 radical (unpaired) electrons. The van der Waals surface area contributed by atoms with Crippen LogP contribution < -0.4 is 0 Å². The van der Waals surface area contributed by atoms with Gasteiger partial charge in [-0.15, -0.1) is 0 Å². The number of allylic oxidation sites excluding steroid dienone is 3. The third-order valence-corrected chi connectivity index (χ3v) is 2.82. The van der Waals surface area contributed by atoms with E-state index in [1.54, 1.807) is 0 Å². The molecule has 0 aromatic carbocycles. The van der Waals surface area contributed by atoms with E-state index in [1.165, 1.54) is 38.0 Å². The normalized spacial score (nSPS) is 21.9. The summed E-state index contributed by atoms with van der Waals surface area (Å²) in [6.45, 7) is 2.34. The lowest BCUT2D eigenvalue weighted by atomic mass is 10.1. The van der Waals surface area contributed by atoms with Crippen LogP contribution in [0.4, 0.5) is 0 Å². The Morgan fingerprint density at radius 2 is 1.93 bits per heavy atom. The summed E-state index contributed by atoms with van der Waals surface area (Å²) in [5.74, 6) is 0. The van der Waals surface area contributed by atoms with Gasteiger partial charge in [-0.3, -0.25) is 0 Å². The molecule has 14 heavy (non-hydrogen) atoms. The molecule has 0 aromatic heterocycles. The number of piperidine rings is 1. The second-order valence-electron chi connectivity index (χ2n) is 3.81. The van der Waals surface area contributed by atoms with Gasteiger partial charge in [0.25, 0.3) is 5.71 Å². The van der Waals surface area contributed by atoms with E-state index in [2.05, 4.69) is 15.8 Å². The first-order valence-electron chi connectivity index (χ1n) is 5.24. The van der Waals surface area contributed by atoms with Gasteiger partial charge >= 0.3 is 0 Å². The Balaban J connectivity index is 2.03. The van der Waals surface area contributed by atoms with Crippen molar-refractivity contribution in [2.24, 2.45) is 0 Å². The van der Waals surface area contributed by atoms with Gasteiger partial charge in [-0.25, -0.2) is 0 Å². The summed E-state index contributed by atoms with van der Waals surface area (Å²) in [7, 11) is 0. The number of nitrogens with zero attached hydrogens (tertiary/aromatic N) is 3. The van der Waals surface area contributed by atoms with E-state index < -0.39 is 0 Å². The summed E-state index contributed by atoms with van der Waals surface area (Å²) in [6.07, 6.45) is 10.8. The minimum Gasteiger partial charge on any atom is -0.372 e. The standard InChI is InChI=1S/C11H15N3/c12-13-10-4-6-11(7-5-10)14-8-2-1-3-9-14/h4,6-7H,1-3,5,8-9H2. The Hall–Kier alpha value is -1.34. The molecular formula is C11H15N3. The molecule has 0 N–H and O–H groups in total. The van der Waals surface area contributed by atoms with Crippen molar-refractivity contribution in [3.63, 3.8) is 0 Å². The largest absolute Gasteiger partial charge is 0.372 e. The number of likely N-dealkylation sites (tertiary alicyclic amines) is 1. The fraction of sp³-hybridized carbons (Fsp3) is 0.545. The van der Waals surface area contributed by atoms with Crippen LogP contribution in [-0.4, -0.2) is 28.5 Å². The van der Waals surface area contributed by atoms with Crippen LogP contribution in [0.1, 0.15) is 25.7 Å². The summed E-state index contributed by atoms with van der Waals surface area (Å²) < 4.78 is 0. The lowest BCUT2D eigenvalue weighted by Gasteiger charge is -2.30. The van der Waals surface area contributed by atoms with Gasteiger partial charge in [-0.2, -0.15) is 4.79 Å². The highest BCUT2D eigenvalue weighted by atomic mass is 15.1. The lowest BCUT2D eigenvalue weighted by Crippen LogP contribution is -2.29. The molecule has 0 bridgehead atoms. The molecule has 1 heterocycles. The Labute approximate surface area is 84.3 Å². The zero-order chi connectivity index (χ0) is 9.80. The van der Waals surface area contributed by atoms with Gasteiger partial charge in [0.1, 0.15) is 0 Å². The average molecular weight is 189 g/mol. The van der Waals surface area contributed by atoms with Crippen molar-refractivity contribution in [3.8, 4) is 0 Å². The first kappa shape index (κ1) is 9.22. The van der Waals surface area contributed by atoms with Crippen LogP contribution in [0.2, 0.25) is 0 Å². The first-order valence-corrected chi connectivity index (χ1v) is 5.24.